The third-order valence-corrected chi connectivity index (χ3v) is 5.24. The van der Waals surface area contributed by atoms with E-state index in [2.05, 4.69) is 15.6 Å². The maximum Gasteiger partial charge on any atom is 0.408 e. The quantitative estimate of drug-likeness (QED) is 0.375. The number of hydrogen-bond acceptors (Lipinski definition) is 4. The predicted molar refractivity (Wildman–Crippen MR) is 125 cm³/mol. The van der Waals surface area contributed by atoms with Crippen molar-refractivity contribution in [2.75, 3.05) is 0 Å². The molecule has 0 saturated heterocycles. The maximum absolute atomic E-state index is 13.1. The van der Waals surface area contributed by atoms with Crippen molar-refractivity contribution in [2.24, 2.45) is 5.92 Å². The summed E-state index contributed by atoms with van der Waals surface area (Å²) in [4.78, 5) is 40.3. The van der Waals surface area contributed by atoms with Crippen LogP contribution < -0.4 is 10.6 Å². The normalized spacial score (nSPS) is 12.8. The smallest absolute Gasteiger partial charge is 0.408 e. The van der Waals surface area contributed by atoms with Crippen molar-refractivity contribution in [1.29, 1.82) is 0 Å². The van der Waals surface area contributed by atoms with E-state index in [9.17, 15) is 19.5 Å². The van der Waals surface area contributed by atoms with Crippen LogP contribution in [-0.4, -0.2) is 40.1 Å². The number of carbonyl (C=O) groups excluding carboxylic acids is 2. The van der Waals surface area contributed by atoms with Gasteiger partial charge in [-0.3, -0.25) is 4.79 Å². The first kappa shape index (κ1) is 23.8. The number of ether oxygens (including phenoxy) is 1. The molecule has 8 nitrogen and oxygen atoms in total. The number of benzene rings is 2. The summed E-state index contributed by atoms with van der Waals surface area (Å²) in [5.41, 5.74) is 2.54. The Hall–Kier alpha value is -3.81. The van der Waals surface area contributed by atoms with Gasteiger partial charge in [0.25, 0.3) is 0 Å². The van der Waals surface area contributed by atoms with Gasteiger partial charge >= 0.3 is 12.1 Å². The predicted octanol–water partition coefficient (Wildman–Crippen LogP) is 3.62. The van der Waals surface area contributed by atoms with Crippen LogP contribution in [0.4, 0.5) is 4.79 Å². The molecule has 174 valence electrons. The summed E-state index contributed by atoms with van der Waals surface area (Å²) >= 11 is 0. The van der Waals surface area contributed by atoms with Gasteiger partial charge in [0.15, 0.2) is 0 Å². The second-order valence-corrected chi connectivity index (χ2v) is 8.35. The fraction of sp³-hybridized carbons (Fsp3) is 0.320. The molecule has 0 fully saturated rings. The largest absolute Gasteiger partial charge is 0.480 e. The Morgan fingerprint density at radius 3 is 2.36 bits per heavy atom. The molecule has 8 heteroatoms. The SMILES string of the molecule is CC(C)C[C@H](NC(=O)[C@H](Cc1c[nH]c2ccccc12)NC(=O)OCc1ccccc1)C(=O)O. The lowest BCUT2D eigenvalue weighted by Crippen LogP contribution is -2.52. The molecule has 33 heavy (non-hydrogen) atoms. The average molecular weight is 452 g/mol. The summed E-state index contributed by atoms with van der Waals surface area (Å²) in [6, 6.07) is 14.7. The van der Waals surface area contributed by atoms with Gasteiger partial charge in [-0.15, -0.1) is 0 Å². The van der Waals surface area contributed by atoms with Crippen molar-refractivity contribution in [3.05, 3.63) is 71.9 Å². The maximum atomic E-state index is 13.1. The Morgan fingerprint density at radius 1 is 0.970 bits per heavy atom. The number of hydrogen-bond donors (Lipinski definition) is 4. The molecule has 4 N–H and O–H groups in total. The van der Waals surface area contributed by atoms with E-state index in [1.807, 2.05) is 68.4 Å². The van der Waals surface area contributed by atoms with Crippen molar-refractivity contribution in [2.45, 2.75) is 45.4 Å². The van der Waals surface area contributed by atoms with E-state index < -0.39 is 30.1 Å². The van der Waals surface area contributed by atoms with Crippen molar-refractivity contribution in [3.63, 3.8) is 0 Å². The van der Waals surface area contributed by atoms with Crippen molar-refractivity contribution in [1.82, 2.24) is 15.6 Å². The van der Waals surface area contributed by atoms with Gasteiger partial charge in [0.1, 0.15) is 18.7 Å². The van der Waals surface area contributed by atoms with E-state index in [0.29, 0.717) is 0 Å². The number of aromatic amines is 1. The Balaban J connectivity index is 1.75. The molecule has 0 unspecified atom stereocenters. The summed E-state index contributed by atoms with van der Waals surface area (Å²) < 4.78 is 5.28. The van der Waals surface area contributed by atoms with Crippen LogP contribution in [0.25, 0.3) is 10.9 Å². The van der Waals surface area contributed by atoms with Crippen LogP contribution in [0.1, 0.15) is 31.4 Å². The molecule has 2 amide bonds. The number of alkyl carbamates (subject to hydrolysis) is 1. The molecule has 0 radical (unpaired) electrons. The molecule has 2 aromatic carbocycles. The van der Waals surface area contributed by atoms with Crippen LogP contribution in [0.5, 0.6) is 0 Å². The number of carboxylic acid groups (broad SMARTS) is 1. The van der Waals surface area contributed by atoms with E-state index in [1.165, 1.54) is 0 Å². The number of amides is 2. The Kier molecular flexibility index (Phi) is 8.07. The number of fused-ring (bicyclic) bond motifs is 1. The number of aliphatic carboxylic acids is 1. The average Bonchev–Trinajstić information content (AvgIpc) is 3.20. The zero-order valence-corrected chi connectivity index (χ0v) is 18.7. The molecule has 0 aliphatic rings. The highest BCUT2D eigenvalue weighted by molar-refractivity contribution is 5.90. The van der Waals surface area contributed by atoms with Crippen LogP contribution in [-0.2, 0) is 27.4 Å². The van der Waals surface area contributed by atoms with Gasteiger partial charge in [0.2, 0.25) is 5.91 Å². The van der Waals surface area contributed by atoms with Crippen LogP contribution >= 0.6 is 0 Å². The highest BCUT2D eigenvalue weighted by Crippen LogP contribution is 2.19. The third kappa shape index (κ3) is 6.83. The monoisotopic (exact) mass is 451 g/mol. The third-order valence-electron chi connectivity index (χ3n) is 5.24. The Bertz CT molecular complexity index is 1090. The molecule has 1 heterocycles. The lowest BCUT2D eigenvalue weighted by atomic mass is 10.0. The van der Waals surface area contributed by atoms with Crippen molar-refractivity contribution >= 4 is 28.9 Å². The summed E-state index contributed by atoms with van der Waals surface area (Å²) in [5, 5.41) is 15.6. The fourth-order valence-electron chi connectivity index (χ4n) is 3.60. The van der Waals surface area contributed by atoms with Crippen molar-refractivity contribution in [3.8, 4) is 0 Å². The van der Waals surface area contributed by atoms with Gasteiger partial charge in [-0.25, -0.2) is 9.59 Å². The molecule has 0 spiro atoms. The second-order valence-electron chi connectivity index (χ2n) is 8.35. The number of aromatic nitrogens is 1. The minimum absolute atomic E-state index is 0.0548. The van der Waals surface area contributed by atoms with Gasteiger partial charge in [-0.2, -0.15) is 0 Å². The summed E-state index contributed by atoms with van der Waals surface area (Å²) in [5.74, 6) is -1.62. The molecule has 1 aromatic heterocycles. The van der Waals surface area contributed by atoms with E-state index in [4.69, 9.17) is 4.74 Å². The minimum atomic E-state index is -1.12. The van der Waals surface area contributed by atoms with Crippen LogP contribution in [0.15, 0.2) is 60.8 Å². The molecule has 3 aromatic rings. The number of para-hydroxylation sites is 1. The molecular weight excluding hydrogens is 422 g/mol. The van der Waals surface area contributed by atoms with Crippen LogP contribution in [0.2, 0.25) is 0 Å². The van der Waals surface area contributed by atoms with Gasteiger partial charge in [0, 0.05) is 23.5 Å². The molecule has 0 aliphatic heterocycles. The number of nitrogens with one attached hydrogen (secondary N) is 3. The topological polar surface area (TPSA) is 121 Å². The number of carbonyl (C=O) groups is 3. The van der Waals surface area contributed by atoms with E-state index >= 15 is 0 Å². The second kappa shape index (κ2) is 11.2. The molecule has 3 rings (SSSR count). The van der Waals surface area contributed by atoms with E-state index in [1.54, 1.807) is 6.20 Å². The summed E-state index contributed by atoms with van der Waals surface area (Å²) in [6.07, 6.45) is 1.48. The number of carboxylic acids is 1. The molecule has 0 saturated carbocycles. The first-order valence-electron chi connectivity index (χ1n) is 10.9. The Morgan fingerprint density at radius 2 is 1.67 bits per heavy atom. The zero-order valence-electron chi connectivity index (χ0n) is 18.7. The van der Waals surface area contributed by atoms with Crippen LogP contribution in [0.3, 0.4) is 0 Å². The van der Waals surface area contributed by atoms with Gasteiger partial charge in [0.05, 0.1) is 0 Å². The van der Waals surface area contributed by atoms with Gasteiger partial charge in [-0.1, -0.05) is 62.4 Å². The van der Waals surface area contributed by atoms with Gasteiger partial charge in [-0.05, 0) is 29.5 Å². The number of rotatable bonds is 10. The van der Waals surface area contributed by atoms with E-state index in [0.717, 1.165) is 22.0 Å². The molecular formula is C25H29N3O5. The number of H-pyrrole nitrogens is 1. The van der Waals surface area contributed by atoms with Crippen molar-refractivity contribution < 1.29 is 24.2 Å². The van der Waals surface area contributed by atoms with Gasteiger partial charge < -0.3 is 25.5 Å². The summed E-state index contributed by atoms with van der Waals surface area (Å²) in [6.45, 7) is 3.81. The summed E-state index contributed by atoms with van der Waals surface area (Å²) in [7, 11) is 0. The van der Waals surface area contributed by atoms with Crippen LogP contribution in [0, 0.1) is 5.92 Å². The lowest BCUT2D eigenvalue weighted by Gasteiger charge is -2.22. The highest BCUT2D eigenvalue weighted by atomic mass is 16.5. The molecule has 0 aliphatic carbocycles. The lowest BCUT2D eigenvalue weighted by molar-refractivity contribution is -0.142. The first-order valence-corrected chi connectivity index (χ1v) is 10.9. The first-order chi connectivity index (χ1) is 15.8. The molecule has 0 bridgehead atoms. The zero-order chi connectivity index (χ0) is 23.8. The fourth-order valence-corrected chi connectivity index (χ4v) is 3.60. The minimum Gasteiger partial charge on any atom is -0.480 e. The van der Waals surface area contributed by atoms with E-state index in [-0.39, 0.29) is 25.4 Å². The molecule has 2 atom stereocenters. The Labute approximate surface area is 192 Å². The standard InChI is InChI=1S/C25H29N3O5/c1-16(2)12-22(24(30)31)27-23(29)21(13-18-14-26-20-11-7-6-10-19(18)20)28-25(32)33-15-17-8-4-3-5-9-17/h3-11,14,16,21-22,26H,12-13,15H2,1-2H3,(H,27,29)(H,28,32)(H,30,31)/t21-,22-/m0/s1. The highest BCUT2D eigenvalue weighted by Gasteiger charge is 2.28.